The molecule has 7 nitrogen and oxygen atoms in total. The lowest BCUT2D eigenvalue weighted by atomic mass is 10.1. The number of fused-ring (bicyclic) bond motifs is 1. The molecule has 1 saturated heterocycles. The van der Waals surface area contributed by atoms with Crippen LogP contribution in [0.15, 0.2) is 12.4 Å². The first-order chi connectivity index (χ1) is 8.88. The van der Waals surface area contributed by atoms with E-state index < -0.39 is 0 Å². The number of nitrogens with one attached hydrogen (secondary N) is 1. The summed E-state index contributed by atoms with van der Waals surface area (Å²) in [6, 6.07) is 0.632. The van der Waals surface area contributed by atoms with Crippen LogP contribution in [0, 0.1) is 0 Å². The van der Waals surface area contributed by atoms with Gasteiger partial charge in [0.2, 0.25) is 0 Å². The summed E-state index contributed by atoms with van der Waals surface area (Å²) in [6.07, 6.45) is 5.80. The minimum absolute atomic E-state index is 0.632. The number of hydrogen-bond acceptors (Lipinski definition) is 6. The maximum absolute atomic E-state index is 4.19. The standard InChI is InChI=1S/C11H17N7/c1-2-13-9-3-5-17(6-4-9)11-8-12-7-10-14-15-16-18(10)11/h7-9,13H,2-6H2,1H3. The summed E-state index contributed by atoms with van der Waals surface area (Å²) >= 11 is 0. The highest BCUT2D eigenvalue weighted by Crippen LogP contribution is 2.18. The van der Waals surface area contributed by atoms with Gasteiger partial charge in [0, 0.05) is 19.1 Å². The minimum Gasteiger partial charge on any atom is -0.355 e. The van der Waals surface area contributed by atoms with Gasteiger partial charge in [-0.05, 0) is 29.8 Å². The molecule has 1 aliphatic heterocycles. The normalized spacial score (nSPS) is 17.5. The first kappa shape index (κ1) is 11.3. The van der Waals surface area contributed by atoms with Crippen molar-refractivity contribution in [1.29, 1.82) is 0 Å². The summed E-state index contributed by atoms with van der Waals surface area (Å²) in [6.45, 7) is 5.21. The van der Waals surface area contributed by atoms with Gasteiger partial charge in [0.1, 0.15) is 0 Å². The largest absolute Gasteiger partial charge is 0.355 e. The monoisotopic (exact) mass is 247 g/mol. The maximum Gasteiger partial charge on any atom is 0.199 e. The number of aromatic nitrogens is 5. The molecule has 1 N–H and O–H groups in total. The quantitative estimate of drug-likeness (QED) is 0.829. The lowest BCUT2D eigenvalue weighted by Gasteiger charge is -2.33. The molecular formula is C11H17N7. The Bertz CT molecular complexity index is 515. The van der Waals surface area contributed by atoms with Crippen molar-refractivity contribution >= 4 is 11.5 Å². The topological polar surface area (TPSA) is 71.2 Å². The smallest absolute Gasteiger partial charge is 0.199 e. The zero-order valence-corrected chi connectivity index (χ0v) is 10.5. The van der Waals surface area contributed by atoms with Crippen LogP contribution in [0.25, 0.3) is 5.65 Å². The predicted octanol–water partition coefficient (Wildman–Crippen LogP) is 0.0976. The van der Waals surface area contributed by atoms with Gasteiger partial charge in [-0.2, -0.15) is 4.52 Å². The molecule has 3 rings (SSSR count). The summed E-state index contributed by atoms with van der Waals surface area (Å²) in [5.41, 5.74) is 0.696. The highest BCUT2D eigenvalue weighted by atomic mass is 15.5. The molecule has 0 aliphatic carbocycles. The summed E-state index contributed by atoms with van der Waals surface area (Å²) in [5, 5.41) is 15.1. The van der Waals surface area contributed by atoms with Gasteiger partial charge in [-0.25, -0.2) is 0 Å². The van der Waals surface area contributed by atoms with Crippen LogP contribution < -0.4 is 10.2 Å². The third-order valence-corrected chi connectivity index (χ3v) is 3.40. The number of nitrogens with zero attached hydrogens (tertiary/aromatic N) is 6. The summed E-state index contributed by atoms with van der Waals surface area (Å²) < 4.78 is 1.75. The van der Waals surface area contributed by atoms with Crippen LogP contribution in [0.2, 0.25) is 0 Å². The van der Waals surface area contributed by atoms with E-state index in [1.54, 1.807) is 10.7 Å². The average Bonchev–Trinajstić information content (AvgIpc) is 2.88. The Morgan fingerprint density at radius 2 is 2.17 bits per heavy atom. The van der Waals surface area contributed by atoms with Crippen LogP contribution in [0.4, 0.5) is 5.82 Å². The molecule has 0 amide bonds. The van der Waals surface area contributed by atoms with Crippen molar-refractivity contribution in [3.05, 3.63) is 12.4 Å². The number of rotatable bonds is 3. The van der Waals surface area contributed by atoms with Gasteiger partial charge < -0.3 is 10.2 Å². The van der Waals surface area contributed by atoms with Crippen LogP contribution >= 0.6 is 0 Å². The van der Waals surface area contributed by atoms with Gasteiger partial charge in [0.25, 0.3) is 0 Å². The van der Waals surface area contributed by atoms with Gasteiger partial charge in [-0.3, -0.25) is 4.98 Å². The molecule has 0 unspecified atom stereocenters. The van der Waals surface area contributed by atoms with E-state index >= 15 is 0 Å². The van der Waals surface area contributed by atoms with Crippen molar-refractivity contribution in [2.75, 3.05) is 24.5 Å². The first-order valence-electron chi connectivity index (χ1n) is 6.39. The van der Waals surface area contributed by atoms with E-state index in [2.05, 4.69) is 37.6 Å². The zero-order valence-electron chi connectivity index (χ0n) is 10.5. The van der Waals surface area contributed by atoms with E-state index in [-0.39, 0.29) is 0 Å². The van der Waals surface area contributed by atoms with Gasteiger partial charge in [-0.1, -0.05) is 6.92 Å². The highest BCUT2D eigenvalue weighted by molar-refractivity contribution is 5.46. The number of anilines is 1. The molecule has 0 saturated carbocycles. The Kier molecular flexibility index (Phi) is 3.06. The van der Waals surface area contributed by atoms with Gasteiger partial charge in [-0.15, -0.1) is 5.10 Å². The number of tetrazole rings is 1. The predicted molar refractivity (Wildman–Crippen MR) is 67.5 cm³/mol. The lowest BCUT2D eigenvalue weighted by molar-refractivity contribution is 0.421. The highest BCUT2D eigenvalue weighted by Gasteiger charge is 2.20. The Labute approximate surface area is 105 Å². The van der Waals surface area contributed by atoms with E-state index in [0.29, 0.717) is 11.7 Å². The molecule has 18 heavy (non-hydrogen) atoms. The van der Waals surface area contributed by atoms with E-state index in [4.69, 9.17) is 0 Å². The van der Waals surface area contributed by atoms with Crippen LogP contribution in [0.1, 0.15) is 19.8 Å². The van der Waals surface area contributed by atoms with E-state index in [9.17, 15) is 0 Å². The lowest BCUT2D eigenvalue weighted by Crippen LogP contribution is -2.43. The fourth-order valence-corrected chi connectivity index (χ4v) is 2.48. The van der Waals surface area contributed by atoms with Crippen LogP contribution in [0.5, 0.6) is 0 Å². The minimum atomic E-state index is 0.632. The van der Waals surface area contributed by atoms with Crippen molar-refractivity contribution in [2.24, 2.45) is 0 Å². The number of piperidine rings is 1. The van der Waals surface area contributed by atoms with Crippen LogP contribution in [-0.2, 0) is 0 Å². The summed E-state index contributed by atoms with van der Waals surface area (Å²) in [5.74, 6) is 0.979. The number of hydrogen-bond donors (Lipinski definition) is 1. The maximum atomic E-state index is 4.19. The second-order valence-corrected chi connectivity index (χ2v) is 4.53. The molecular weight excluding hydrogens is 230 g/mol. The SMILES string of the molecule is CCNC1CCN(c2cncc3nnnn23)CC1. The van der Waals surface area contributed by atoms with E-state index in [1.165, 1.54) is 0 Å². The fourth-order valence-electron chi connectivity index (χ4n) is 2.48. The molecule has 1 fully saturated rings. The fraction of sp³-hybridized carbons (Fsp3) is 0.636. The molecule has 7 heteroatoms. The molecule has 0 aromatic carbocycles. The second-order valence-electron chi connectivity index (χ2n) is 4.53. The Balaban J connectivity index is 1.78. The summed E-state index contributed by atoms with van der Waals surface area (Å²) in [4.78, 5) is 6.49. The van der Waals surface area contributed by atoms with Gasteiger partial charge in [0.15, 0.2) is 11.5 Å². The van der Waals surface area contributed by atoms with Crippen molar-refractivity contribution < 1.29 is 0 Å². The molecule has 0 radical (unpaired) electrons. The molecule has 0 atom stereocenters. The van der Waals surface area contributed by atoms with E-state index in [0.717, 1.165) is 38.3 Å². The van der Waals surface area contributed by atoms with Gasteiger partial charge >= 0.3 is 0 Å². The second kappa shape index (κ2) is 4.85. The third kappa shape index (κ3) is 2.01. The first-order valence-corrected chi connectivity index (χ1v) is 6.39. The zero-order chi connectivity index (χ0) is 12.4. The Morgan fingerprint density at radius 1 is 1.33 bits per heavy atom. The molecule has 1 aliphatic rings. The molecule has 3 heterocycles. The van der Waals surface area contributed by atoms with Crippen molar-refractivity contribution in [3.63, 3.8) is 0 Å². The average molecular weight is 247 g/mol. The molecule has 0 bridgehead atoms. The molecule has 96 valence electrons. The Hall–Kier alpha value is -1.76. The third-order valence-electron chi connectivity index (χ3n) is 3.40. The van der Waals surface area contributed by atoms with Crippen molar-refractivity contribution in [2.45, 2.75) is 25.8 Å². The molecule has 2 aromatic rings. The van der Waals surface area contributed by atoms with Crippen molar-refractivity contribution in [3.8, 4) is 0 Å². The van der Waals surface area contributed by atoms with Crippen LogP contribution in [0.3, 0.4) is 0 Å². The van der Waals surface area contributed by atoms with Crippen LogP contribution in [-0.4, -0.2) is 50.7 Å². The van der Waals surface area contributed by atoms with E-state index in [1.807, 2.05) is 6.20 Å². The molecule has 2 aromatic heterocycles. The molecule has 0 spiro atoms. The van der Waals surface area contributed by atoms with Gasteiger partial charge in [0.05, 0.1) is 12.4 Å². The van der Waals surface area contributed by atoms with Crippen molar-refractivity contribution in [1.82, 2.24) is 30.3 Å². The Morgan fingerprint density at radius 3 is 2.94 bits per heavy atom. The summed E-state index contributed by atoms with van der Waals surface area (Å²) in [7, 11) is 0.